The smallest absolute Gasteiger partial charge is 0.407 e. The number of carbonyl (C=O) groups is 1. The van der Waals surface area contributed by atoms with E-state index in [1.54, 1.807) is 12.3 Å². The van der Waals surface area contributed by atoms with Crippen LogP contribution < -0.4 is 10.6 Å². The number of hydrogen-bond acceptors (Lipinski definition) is 5. The van der Waals surface area contributed by atoms with Crippen LogP contribution in [0.3, 0.4) is 0 Å². The van der Waals surface area contributed by atoms with Crippen LogP contribution in [0.25, 0.3) is 0 Å². The molecule has 1 aliphatic heterocycles. The molecule has 2 rings (SSSR count). The van der Waals surface area contributed by atoms with E-state index in [2.05, 4.69) is 4.98 Å². The Labute approximate surface area is 111 Å². The highest BCUT2D eigenvalue weighted by atomic mass is 16.4. The number of nitrogen functional groups attached to an aromatic ring is 1. The lowest BCUT2D eigenvalue weighted by atomic mass is 10.1. The van der Waals surface area contributed by atoms with E-state index in [-0.39, 0.29) is 6.61 Å². The van der Waals surface area contributed by atoms with Crippen LogP contribution in [0.1, 0.15) is 5.56 Å². The Balaban J connectivity index is 2.17. The van der Waals surface area contributed by atoms with E-state index in [0.29, 0.717) is 25.5 Å². The predicted molar refractivity (Wildman–Crippen MR) is 71.2 cm³/mol. The molecule has 1 saturated heterocycles. The summed E-state index contributed by atoms with van der Waals surface area (Å²) in [6, 6.07) is 1.37. The van der Waals surface area contributed by atoms with Crippen molar-refractivity contribution in [2.45, 2.75) is 13.0 Å². The Morgan fingerprint density at radius 2 is 2.32 bits per heavy atom. The summed E-state index contributed by atoms with van der Waals surface area (Å²) in [7, 11) is 0. The molecule has 1 amide bonds. The fourth-order valence-electron chi connectivity index (χ4n) is 2.38. The zero-order valence-electron chi connectivity index (χ0n) is 10.8. The maximum atomic E-state index is 11.0. The summed E-state index contributed by atoms with van der Waals surface area (Å²) in [5.74, 6) is 0.462. The molecule has 0 aliphatic carbocycles. The van der Waals surface area contributed by atoms with E-state index in [1.165, 1.54) is 4.90 Å². The van der Waals surface area contributed by atoms with Gasteiger partial charge in [-0.3, -0.25) is 4.90 Å². The van der Waals surface area contributed by atoms with Gasteiger partial charge in [0.05, 0.1) is 24.5 Å². The Bertz CT molecular complexity index is 480. The molecule has 0 saturated carbocycles. The van der Waals surface area contributed by atoms with Crippen LogP contribution in [0.4, 0.5) is 16.3 Å². The third-order valence-corrected chi connectivity index (χ3v) is 3.38. The summed E-state index contributed by atoms with van der Waals surface area (Å²) in [5.41, 5.74) is 7.54. The Morgan fingerprint density at radius 1 is 1.58 bits per heavy atom. The lowest BCUT2D eigenvalue weighted by Crippen LogP contribution is -2.56. The molecule has 0 aromatic carbocycles. The number of anilines is 2. The highest BCUT2D eigenvalue weighted by Crippen LogP contribution is 2.23. The number of nitrogens with two attached hydrogens (primary N) is 1. The normalized spacial score (nSPS) is 19.6. The summed E-state index contributed by atoms with van der Waals surface area (Å²) in [5, 5.41) is 18.4. The van der Waals surface area contributed by atoms with Crippen LogP contribution in [0, 0.1) is 6.92 Å². The number of amides is 1. The Hall–Kier alpha value is -2.02. The van der Waals surface area contributed by atoms with Gasteiger partial charge in [0.25, 0.3) is 0 Å². The Kier molecular flexibility index (Phi) is 3.75. The lowest BCUT2D eigenvalue weighted by Gasteiger charge is -2.40. The van der Waals surface area contributed by atoms with Crippen molar-refractivity contribution in [1.82, 2.24) is 9.88 Å². The van der Waals surface area contributed by atoms with Gasteiger partial charge >= 0.3 is 6.09 Å². The molecule has 0 spiro atoms. The SMILES string of the molecule is Cc1cc(N)ncc1N1CCN(C(=O)O)C(CO)C1. The van der Waals surface area contributed by atoms with Crippen LogP contribution in [0.2, 0.25) is 0 Å². The topological polar surface area (TPSA) is 103 Å². The molecule has 0 bridgehead atoms. The molecule has 1 aromatic rings. The molecule has 7 heteroatoms. The summed E-state index contributed by atoms with van der Waals surface area (Å²) in [4.78, 5) is 18.4. The molecular formula is C12H18N4O3. The van der Waals surface area contributed by atoms with Crippen LogP contribution in [-0.4, -0.2) is 58.5 Å². The van der Waals surface area contributed by atoms with Crippen molar-refractivity contribution in [2.75, 3.05) is 36.9 Å². The molecule has 0 radical (unpaired) electrons. The van der Waals surface area contributed by atoms with Crippen LogP contribution >= 0.6 is 0 Å². The second-order valence-electron chi connectivity index (χ2n) is 4.65. The van der Waals surface area contributed by atoms with Crippen molar-refractivity contribution in [3.63, 3.8) is 0 Å². The van der Waals surface area contributed by atoms with Crippen molar-refractivity contribution in [3.05, 3.63) is 17.8 Å². The summed E-state index contributed by atoms with van der Waals surface area (Å²) in [6.07, 6.45) is 0.695. The number of carboxylic acid groups (broad SMARTS) is 1. The second kappa shape index (κ2) is 5.31. The molecule has 1 aliphatic rings. The van der Waals surface area contributed by atoms with Gasteiger partial charge in [-0.1, -0.05) is 0 Å². The van der Waals surface area contributed by atoms with Gasteiger partial charge in [-0.25, -0.2) is 9.78 Å². The first-order valence-corrected chi connectivity index (χ1v) is 6.10. The molecule has 7 nitrogen and oxygen atoms in total. The van der Waals surface area contributed by atoms with Crippen LogP contribution in [-0.2, 0) is 0 Å². The van der Waals surface area contributed by atoms with E-state index in [0.717, 1.165) is 11.3 Å². The number of rotatable bonds is 2. The molecule has 1 atom stereocenters. The molecule has 1 aromatic heterocycles. The van der Waals surface area contributed by atoms with Crippen molar-refractivity contribution in [1.29, 1.82) is 0 Å². The average molecular weight is 266 g/mol. The molecule has 104 valence electrons. The highest BCUT2D eigenvalue weighted by Gasteiger charge is 2.30. The van der Waals surface area contributed by atoms with Crippen molar-refractivity contribution < 1.29 is 15.0 Å². The van der Waals surface area contributed by atoms with Gasteiger partial charge < -0.3 is 20.8 Å². The van der Waals surface area contributed by atoms with Crippen molar-refractivity contribution >= 4 is 17.6 Å². The number of aliphatic hydroxyl groups excluding tert-OH is 1. The lowest BCUT2D eigenvalue weighted by molar-refractivity contribution is 0.0910. The van der Waals surface area contributed by atoms with Gasteiger partial charge in [-0.15, -0.1) is 0 Å². The fraction of sp³-hybridized carbons (Fsp3) is 0.500. The number of pyridine rings is 1. The Morgan fingerprint density at radius 3 is 2.89 bits per heavy atom. The van der Waals surface area contributed by atoms with Crippen LogP contribution in [0.15, 0.2) is 12.3 Å². The van der Waals surface area contributed by atoms with E-state index >= 15 is 0 Å². The first-order valence-electron chi connectivity index (χ1n) is 6.10. The largest absolute Gasteiger partial charge is 0.465 e. The van der Waals surface area contributed by atoms with E-state index in [1.807, 2.05) is 11.8 Å². The van der Waals surface area contributed by atoms with Gasteiger partial charge in [0, 0.05) is 19.6 Å². The van der Waals surface area contributed by atoms with E-state index < -0.39 is 12.1 Å². The number of aromatic nitrogens is 1. The van der Waals surface area contributed by atoms with Gasteiger partial charge in [0.15, 0.2) is 0 Å². The van der Waals surface area contributed by atoms with Gasteiger partial charge in [-0.2, -0.15) is 0 Å². The third-order valence-electron chi connectivity index (χ3n) is 3.38. The highest BCUT2D eigenvalue weighted by molar-refractivity contribution is 5.66. The zero-order valence-corrected chi connectivity index (χ0v) is 10.8. The fourth-order valence-corrected chi connectivity index (χ4v) is 2.38. The number of aryl methyl sites for hydroxylation is 1. The molecule has 2 heterocycles. The van der Waals surface area contributed by atoms with Gasteiger partial charge in [0.2, 0.25) is 0 Å². The minimum absolute atomic E-state index is 0.190. The number of hydrogen-bond donors (Lipinski definition) is 3. The van der Waals surface area contributed by atoms with Crippen molar-refractivity contribution in [3.8, 4) is 0 Å². The number of aliphatic hydroxyl groups is 1. The summed E-state index contributed by atoms with van der Waals surface area (Å²) in [6.45, 7) is 3.14. The number of nitrogens with zero attached hydrogens (tertiary/aromatic N) is 3. The van der Waals surface area contributed by atoms with Crippen LogP contribution in [0.5, 0.6) is 0 Å². The molecular weight excluding hydrogens is 248 g/mol. The van der Waals surface area contributed by atoms with Gasteiger partial charge in [0.1, 0.15) is 5.82 Å². The van der Waals surface area contributed by atoms with Gasteiger partial charge in [-0.05, 0) is 18.6 Å². The minimum atomic E-state index is -0.995. The monoisotopic (exact) mass is 266 g/mol. The second-order valence-corrected chi connectivity index (χ2v) is 4.65. The summed E-state index contributed by atoms with van der Waals surface area (Å²) >= 11 is 0. The maximum Gasteiger partial charge on any atom is 0.407 e. The average Bonchev–Trinajstić information content (AvgIpc) is 2.37. The minimum Gasteiger partial charge on any atom is -0.465 e. The maximum absolute atomic E-state index is 11.0. The first-order chi connectivity index (χ1) is 9.02. The first kappa shape index (κ1) is 13.4. The summed E-state index contributed by atoms with van der Waals surface area (Å²) < 4.78 is 0. The molecule has 19 heavy (non-hydrogen) atoms. The van der Waals surface area contributed by atoms with E-state index in [9.17, 15) is 9.90 Å². The van der Waals surface area contributed by atoms with Crippen molar-refractivity contribution in [2.24, 2.45) is 0 Å². The predicted octanol–water partition coefficient (Wildman–Crippen LogP) is 0.133. The molecule has 1 fully saturated rings. The quantitative estimate of drug-likeness (QED) is 0.703. The standard InChI is InChI=1S/C12H18N4O3/c1-8-4-11(13)14-5-10(8)15-2-3-16(12(18)19)9(6-15)7-17/h4-5,9,17H,2-3,6-7H2,1H3,(H2,13,14)(H,18,19). The third kappa shape index (κ3) is 2.70. The molecule has 4 N–H and O–H groups in total. The van der Waals surface area contributed by atoms with E-state index in [4.69, 9.17) is 10.8 Å². The molecule has 1 unspecified atom stereocenters. The number of piperazine rings is 1. The zero-order chi connectivity index (χ0) is 14.0.